The van der Waals surface area contributed by atoms with Gasteiger partial charge in [0, 0.05) is 26.2 Å². The van der Waals surface area contributed by atoms with Gasteiger partial charge in [-0.25, -0.2) is 0 Å². The summed E-state index contributed by atoms with van der Waals surface area (Å²) in [5.74, 6) is 3.90. The zero-order chi connectivity index (χ0) is 28.0. The maximum atomic E-state index is 5.46. The highest BCUT2D eigenvalue weighted by atomic mass is 16.5. The molecule has 214 valence electrons. The summed E-state index contributed by atoms with van der Waals surface area (Å²) in [5.41, 5.74) is 2.07. The highest BCUT2D eigenvalue weighted by Crippen LogP contribution is 2.39. The molecule has 0 saturated carbocycles. The van der Waals surface area contributed by atoms with Gasteiger partial charge in [0.2, 0.25) is 11.5 Å². The van der Waals surface area contributed by atoms with Gasteiger partial charge in [-0.3, -0.25) is 0 Å². The van der Waals surface area contributed by atoms with E-state index in [-0.39, 0.29) is 0 Å². The summed E-state index contributed by atoms with van der Waals surface area (Å²) in [4.78, 5) is 5.12. The van der Waals surface area contributed by atoms with Crippen molar-refractivity contribution in [1.29, 1.82) is 0 Å². The molecule has 2 aromatic carbocycles. The van der Waals surface area contributed by atoms with Crippen molar-refractivity contribution in [3.63, 3.8) is 0 Å². The van der Waals surface area contributed by atoms with Crippen LogP contribution in [0.2, 0.25) is 0 Å². The van der Waals surface area contributed by atoms with Crippen LogP contribution in [0.1, 0.15) is 30.4 Å². The zero-order valence-corrected chi connectivity index (χ0v) is 24.3. The zero-order valence-electron chi connectivity index (χ0n) is 24.3. The fourth-order valence-corrected chi connectivity index (χ4v) is 4.82. The molecule has 2 aromatic rings. The van der Waals surface area contributed by atoms with Crippen LogP contribution in [0.5, 0.6) is 34.5 Å². The summed E-state index contributed by atoms with van der Waals surface area (Å²) in [6, 6.07) is 7.88. The van der Waals surface area contributed by atoms with Crippen molar-refractivity contribution >= 4 is 12.2 Å². The van der Waals surface area contributed by atoms with E-state index in [1.807, 2.05) is 24.3 Å². The van der Waals surface area contributed by atoms with Crippen LogP contribution in [0.4, 0.5) is 0 Å². The largest absolute Gasteiger partial charge is 0.493 e. The number of nitrogens with zero attached hydrogens (tertiary/aromatic N) is 2. The number of hydrogen-bond donors (Lipinski definition) is 0. The van der Waals surface area contributed by atoms with E-state index in [0.29, 0.717) is 34.5 Å². The molecule has 1 fully saturated rings. The topological polar surface area (TPSA) is 61.9 Å². The first kappa shape index (κ1) is 30.2. The van der Waals surface area contributed by atoms with Gasteiger partial charge in [-0.1, -0.05) is 24.3 Å². The SMILES string of the molecule is COc1cc(C=CCCN2CCCN(CCC=Cc3cc(OC)c(OC)c(OC)c3)CC2)cc(OC)c1OC. The molecule has 0 amide bonds. The Bertz CT molecular complexity index is 965. The van der Waals surface area contributed by atoms with Gasteiger partial charge < -0.3 is 38.2 Å². The summed E-state index contributed by atoms with van der Waals surface area (Å²) >= 11 is 0. The van der Waals surface area contributed by atoms with Crippen molar-refractivity contribution in [3.8, 4) is 34.5 Å². The minimum atomic E-state index is 0.614. The predicted molar refractivity (Wildman–Crippen MR) is 157 cm³/mol. The molecule has 1 aliphatic heterocycles. The lowest BCUT2D eigenvalue weighted by molar-refractivity contribution is 0.262. The molecule has 0 radical (unpaired) electrons. The smallest absolute Gasteiger partial charge is 0.203 e. The number of ether oxygens (including phenoxy) is 6. The minimum absolute atomic E-state index is 0.614. The van der Waals surface area contributed by atoms with Crippen LogP contribution < -0.4 is 28.4 Å². The quantitative estimate of drug-likeness (QED) is 0.322. The monoisotopic (exact) mass is 540 g/mol. The normalized spacial score (nSPS) is 14.9. The standard InChI is InChI=1S/C31H44N2O6/c1-34-26-20-24(21-27(35-2)30(26)38-5)12-7-9-14-32-16-11-17-33(19-18-32)15-10-8-13-25-22-28(36-3)31(39-6)29(23-25)37-4/h7-8,12-13,20-23H,9-11,14-19H2,1-6H3. The van der Waals surface area contributed by atoms with E-state index in [0.717, 1.165) is 63.2 Å². The molecule has 0 N–H and O–H groups in total. The predicted octanol–water partition coefficient (Wildman–Crippen LogP) is 5.25. The Morgan fingerprint density at radius 2 is 0.897 bits per heavy atom. The molecule has 0 unspecified atom stereocenters. The molecule has 1 saturated heterocycles. The molecule has 0 atom stereocenters. The molecule has 39 heavy (non-hydrogen) atoms. The Morgan fingerprint density at radius 3 is 1.21 bits per heavy atom. The van der Waals surface area contributed by atoms with Crippen LogP contribution in [0.15, 0.2) is 36.4 Å². The van der Waals surface area contributed by atoms with Crippen LogP contribution in [0.3, 0.4) is 0 Å². The molecular weight excluding hydrogens is 496 g/mol. The van der Waals surface area contributed by atoms with Gasteiger partial charge in [-0.2, -0.15) is 0 Å². The third-order valence-electron chi connectivity index (χ3n) is 6.90. The third-order valence-corrected chi connectivity index (χ3v) is 6.90. The molecule has 3 rings (SSSR count). The van der Waals surface area contributed by atoms with Gasteiger partial charge in [0.05, 0.1) is 42.7 Å². The van der Waals surface area contributed by atoms with Gasteiger partial charge in [0.15, 0.2) is 23.0 Å². The molecule has 8 heteroatoms. The van der Waals surface area contributed by atoms with Crippen LogP contribution in [-0.4, -0.2) is 91.7 Å². The average molecular weight is 541 g/mol. The number of rotatable bonds is 14. The first-order valence-electron chi connectivity index (χ1n) is 13.4. The van der Waals surface area contributed by atoms with Crippen molar-refractivity contribution < 1.29 is 28.4 Å². The Hall–Kier alpha value is -3.36. The van der Waals surface area contributed by atoms with Crippen LogP contribution in [-0.2, 0) is 0 Å². The highest BCUT2D eigenvalue weighted by Gasteiger charge is 2.15. The van der Waals surface area contributed by atoms with Crippen molar-refractivity contribution in [2.45, 2.75) is 19.3 Å². The lowest BCUT2D eigenvalue weighted by Gasteiger charge is -2.21. The second-order valence-corrected chi connectivity index (χ2v) is 9.34. The summed E-state index contributed by atoms with van der Waals surface area (Å²) in [7, 11) is 9.79. The Morgan fingerprint density at radius 1 is 0.538 bits per heavy atom. The van der Waals surface area contributed by atoms with Gasteiger partial charge in [-0.05, 0) is 67.7 Å². The average Bonchev–Trinajstić information content (AvgIpc) is 3.21. The molecule has 1 aliphatic rings. The van der Waals surface area contributed by atoms with Gasteiger partial charge in [-0.15, -0.1) is 0 Å². The minimum Gasteiger partial charge on any atom is -0.493 e. The molecule has 0 aliphatic carbocycles. The summed E-state index contributed by atoms with van der Waals surface area (Å²) in [6.07, 6.45) is 11.9. The lowest BCUT2D eigenvalue weighted by Crippen LogP contribution is -2.31. The highest BCUT2D eigenvalue weighted by molar-refractivity contribution is 5.63. The molecular formula is C31H44N2O6. The van der Waals surface area contributed by atoms with E-state index in [1.165, 1.54) is 6.42 Å². The van der Waals surface area contributed by atoms with Crippen molar-refractivity contribution in [2.24, 2.45) is 0 Å². The fraction of sp³-hybridized carbons (Fsp3) is 0.484. The second-order valence-electron chi connectivity index (χ2n) is 9.34. The number of methoxy groups -OCH3 is 6. The van der Waals surface area contributed by atoms with Gasteiger partial charge in [0.25, 0.3) is 0 Å². The van der Waals surface area contributed by atoms with Gasteiger partial charge in [0.1, 0.15) is 0 Å². The van der Waals surface area contributed by atoms with E-state index < -0.39 is 0 Å². The third kappa shape index (κ3) is 8.57. The van der Waals surface area contributed by atoms with Crippen LogP contribution in [0.25, 0.3) is 12.2 Å². The van der Waals surface area contributed by atoms with E-state index in [4.69, 9.17) is 28.4 Å². The van der Waals surface area contributed by atoms with Crippen LogP contribution >= 0.6 is 0 Å². The lowest BCUT2D eigenvalue weighted by atomic mass is 10.1. The van der Waals surface area contributed by atoms with Crippen LogP contribution in [0, 0.1) is 0 Å². The van der Waals surface area contributed by atoms with E-state index >= 15 is 0 Å². The van der Waals surface area contributed by atoms with E-state index in [9.17, 15) is 0 Å². The second kappa shape index (κ2) is 15.9. The maximum absolute atomic E-state index is 5.46. The van der Waals surface area contributed by atoms with E-state index in [2.05, 4.69) is 34.1 Å². The van der Waals surface area contributed by atoms with E-state index in [1.54, 1.807) is 42.7 Å². The van der Waals surface area contributed by atoms with Crippen molar-refractivity contribution in [3.05, 3.63) is 47.5 Å². The number of benzene rings is 2. The molecule has 0 aromatic heterocycles. The Kier molecular flexibility index (Phi) is 12.3. The Balaban J connectivity index is 1.44. The fourth-order valence-electron chi connectivity index (χ4n) is 4.82. The molecule has 8 nitrogen and oxygen atoms in total. The molecule has 1 heterocycles. The number of hydrogen-bond acceptors (Lipinski definition) is 8. The summed E-state index contributed by atoms with van der Waals surface area (Å²) in [5, 5.41) is 0. The first-order valence-corrected chi connectivity index (χ1v) is 13.4. The Labute approximate surface area is 233 Å². The first-order chi connectivity index (χ1) is 19.1. The summed E-state index contributed by atoms with van der Waals surface area (Å²) < 4.78 is 32.7. The van der Waals surface area contributed by atoms with Gasteiger partial charge >= 0.3 is 0 Å². The molecule has 0 spiro atoms. The summed E-state index contributed by atoms with van der Waals surface area (Å²) in [6.45, 7) is 6.56. The van der Waals surface area contributed by atoms with Crippen molar-refractivity contribution in [2.75, 3.05) is 81.9 Å². The van der Waals surface area contributed by atoms with Crippen molar-refractivity contribution in [1.82, 2.24) is 9.80 Å². The maximum Gasteiger partial charge on any atom is 0.203 e. The molecule has 0 bridgehead atoms.